The van der Waals surface area contributed by atoms with Crippen LogP contribution in [0.3, 0.4) is 0 Å². The summed E-state index contributed by atoms with van der Waals surface area (Å²) in [4.78, 5) is 0. The standard InChI is InChI=1S/C31H64O4S2Si4.C21H38O2Si2.C10H12O2.C6H16OSSi.C6H16Si/c1-11-40(12-2,13-3)33-30-22-21-29(28-31(30)34-41(14-4,15-5)16-6)20-17-24-37-25-19-26-38(8,9)35-39(10,32-7)27-18-23-36;1-8-15-19-16-17-20(22-24(9-2,10-3)11-4)21(18-19)23-25(12-5,13-6)14-7;1-3-4-8-5-6-9(11)10(7-8)12-2;1-7-9(2,3)6-4-5-8;1-4-7(5-2)6-3/h21-22,28,36H,11-20,23-27H2,1-10H3;8,16-18H,1,9-15H2,2-7H3;3,5-7,11H,1,4H2,2H3;8H,4-6H2,1-3H3;7H,4-6H2,1-3H3. The Morgan fingerprint density at radius 2 is 0.787 bits per heavy atom. The highest BCUT2D eigenvalue weighted by Crippen LogP contribution is 2.40. The van der Waals surface area contributed by atoms with Crippen LogP contribution in [0.2, 0.25) is 142 Å². The van der Waals surface area contributed by atoms with Gasteiger partial charge in [-0.1, -0.05) is 152 Å². The van der Waals surface area contributed by atoms with Crippen molar-refractivity contribution in [3.63, 3.8) is 0 Å². The van der Waals surface area contributed by atoms with Gasteiger partial charge in [-0.2, -0.15) is 37.0 Å². The summed E-state index contributed by atoms with van der Waals surface area (Å²) in [5.41, 5.74) is 3.71. The van der Waals surface area contributed by atoms with Gasteiger partial charge in [0, 0.05) is 23.0 Å². The number of thiol groups is 2. The first-order valence-corrected chi connectivity index (χ1v) is 60.6. The molecule has 0 spiro atoms. The molecule has 3 aromatic rings. The van der Waals surface area contributed by atoms with Crippen molar-refractivity contribution in [3.05, 3.63) is 96.6 Å². The Balaban J connectivity index is 0. The predicted molar refractivity (Wildman–Crippen MR) is 449 cm³/mol. The van der Waals surface area contributed by atoms with Gasteiger partial charge in [-0.25, -0.2) is 0 Å². The summed E-state index contributed by atoms with van der Waals surface area (Å²) < 4.78 is 50.2. The van der Waals surface area contributed by atoms with Gasteiger partial charge in [0.05, 0.1) is 7.11 Å². The summed E-state index contributed by atoms with van der Waals surface area (Å²) in [7, 11) is -7.04. The van der Waals surface area contributed by atoms with Crippen LogP contribution in [0.15, 0.2) is 79.9 Å². The summed E-state index contributed by atoms with van der Waals surface area (Å²) in [6.07, 6.45) is 11.2. The third-order valence-electron chi connectivity index (χ3n) is 19.8. The van der Waals surface area contributed by atoms with Crippen molar-refractivity contribution in [1.82, 2.24) is 0 Å². The maximum atomic E-state index is 9.25. The van der Waals surface area contributed by atoms with E-state index in [4.69, 9.17) is 35.4 Å². The zero-order chi connectivity index (χ0) is 71.9. The molecule has 0 aliphatic rings. The minimum absolute atomic E-state index is 0.171. The Morgan fingerprint density at radius 3 is 1.14 bits per heavy atom. The number of benzene rings is 3. The molecule has 9 nitrogen and oxygen atoms in total. The summed E-state index contributed by atoms with van der Waals surface area (Å²) >= 11 is 10.6. The first-order valence-electron chi connectivity index (χ1n) is 36.9. The molecule has 546 valence electrons. The predicted octanol–water partition coefficient (Wildman–Crippen LogP) is 24.5. The molecule has 0 fully saturated rings. The van der Waals surface area contributed by atoms with Crippen LogP contribution in [-0.4, -0.2) is 117 Å². The molecule has 0 aliphatic heterocycles. The van der Waals surface area contributed by atoms with Crippen LogP contribution in [0.1, 0.15) is 146 Å². The first-order chi connectivity index (χ1) is 44.7. The quantitative estimate of drug-likeness (QED) is 0.0220. The molecule has 3 rings (SSSR count). The summed E-state index contributed by atoms with van der Waals surface area (Å²) in [5.74, 6) is 8.93. The number of aromatic hydroxyl groups is 1. The molecule has 94 heavy (non-hydrogen) atoms. The van der Waals surface area contributed by atoms with E-state index in [1.807, 2.05) is 32.4 Å². The highest BCUT2D eigenvalue weighted by atomic mass is 32.2. The van der Waals surface area contributed by atoms with E-state index < -0.39 is 58.5 Å². The van der Waals surface area contributed by atoms with E-state index in [2.05, 4.69) is 223 Å². The molecule has 0 amide bonds. The normalized spacial score (nSPS) is 12.5. The van der Waals surface area contributed by atoms with E-state index >= 15 is 0 Å². The van der Waals surface area contributed by atoms with Gasteiger partial charge >= 0.3 is 8.56 Å². The van der Waals surface area contributed by atoms with Gasteiger partial charge < -0.3 is 40.5 Å². The van der Waals surface area contributed by atoms with Gasteiger partial charge in [-0.05, 0) is 244 Å². The maximum absolute atomic E-state index is 9.25. The minimum atomic E-state index is -2.06. The number of hydrogen-bond acceptors (Lipinski definition) is 12. The van der Waals surface area contributed by atoms with Gasteiger partial charge in [0.25, 0.3) is 33.3 Å². The van der Waals surface area contributed by atoms with Crippen LogP contribution in [0.4, 0.5) is 0 Å². The zero-order valence-electron chi connectivity index (χ0n) is 64.9. The lowest BCUT2D eigenvalue weighted by Crippen LogP contribution is -2.48. The average molecular weight is 1500 g/mol. The fourth-order valence-electron chi connectivity index (χ4n) is 11.5. The number of allylic oxidation sites excluding steroid dienone is 2. The molecule has 0 heterocycles. The van der Waals surface area contributed by atoms with Crippen LogP contribution < -0.4 is 22.4 Å². The van der Waals surface area contributed by atoms with Crippen molar-refractivity contribution >= 4 is 104 Å². The number of rotatable bonds is 46. The highest BCUT2D eigenvalue weighted by Gasteiger charge is 2.39. The topological polar surface area (TPSA) is 94.1 Å². The molecule has 1 unspecified atom stereocenters. The minimum Gasteiger partial charge on any atom is -0.541 e. The summed E-state index contributed by atoms with van der Waals surface area (Å²) in [5, 5.41) is 9.25. The molecule has 0 radical (unpaired) electrons. The molecule has 1 atom stereocenters. The van der Waals surface area contributed by atoms with Gasteiger partial charge in [0.1, 0.15) is 23.0 Å². The highest BCUT2D eigenvalue weighted by molar-refractivity contribution is 7.99. The number of ether oxygens (including phenoxy) is 1. The molecule has 0 aliphatic carbocycles. The summed E-state index contributed by atoms with van der Waals surface area (Å²) in [6.45, 7) is 53.3. The molecule has 0 saturated carbocycles. The Labute approximate surface area is 605 Å². The van der Waals surface area contributed by atoms with E-state index in [-0.39, 0.29) is 14.5 Å². The van der Waals surface area contributed by atoms with Gasteiger partial charge in [0.2, 0.25) is 0 Å². The number of thioether (sulfide) groups is 1. The van der Waals surface area contributed by atoms with E-state index in [0.29, 0.717) is 5.75 Å². The average Bonchev–Trinajstić information content (AvgIpc) is 0.824. The molecule has 0 aromatic heterocycles. The molecule has 3 aromatic carbocycles. The fraction of sp³-hybridized carbons (Fsp3) is 0.703. The van der Waals surface area contributed by atoms with Crippen molar-refractivity contribution in [1.29, 1.82) is 0 Å². The molecule has 0 bridgehead atoms. The molecule has 1 N–H and O–H groups in total. The lowest BCUT2D eigenvalue weighted by atomic mass is 10.1. The molecule has 20 heteroatoms. The Hall–Kier alpha value is -1.39. The van der Waals surface area contributed by atoms with Gasteiger partial charge in [0.15, 0.2) is 28.1 Å². The third kappa shape index (κ3) is 36.8. The van der Waals surface area contributed by atoms with Gasteiger partial charge in [-0.15, -0.1) is 13.2 Å². The fourth-order valence-corrected chi connectivity index (χ4v) is 34.6. The van der Waals surface area contributed by atoms with E-state index in [0.717, 1.165) is 144 Å². The van der Waals surface area contributed by atoms with Crippen LogP contribution in [0, 0.1) is 0 Å². The Morgan fingerprint density at radius 1 is 0.436 bits per heavy atom. The van der Waals surface area contributed by atoms with Crippen molar-refractivity contribution in [2.45, 2.75) is 290 Å². The smallest absolute Gasteiger partial charge is 0.324 e. The van der Waals surface area contributed by atoms with Crippen molar-refractivity contribution < 1.29 is 40.5 Å². The first kappa shape index (κ1) is 94.7. The number of phenolic OH excluding ortho intramolecular Hbond substituents is 1. The zero-order valence-corrected chi connectivity index (χ0v) is 75.6. The second-order valence-electron chi connectivity index (χ2n) is 26.7. The second kappa shape index (κ2) is 52.6. The van der Waals surface area contributed by atoms with Gasteiger partial charge in [-0.3, -0.25) is 0 Å². The number of methoxy groups -OCH3 is 1. The van der Waals surface area contributed by atoms with Crippen molar-refractivity contribution in [2.75, 3.05) is 44.3 Å². The van der Waals surface area contributed by atoms with E-state index in [1.54, 1.807) is 12.1 Å². The monoisotopic (exact) mass is 1500 g/mol. The number of aryl methyl sites for hydroxylation is 1. The van der Waals surface area contributed by atoms with Crippen LogP contribution in [0.25, 0.3) is 0 Å². The molecular formula is C74H146O9S3Si8. The van der Waals surface area contributed by atoms with E-state index in [1.165, 1.54) is 79.2 Å². The summed E-state index contributed by atoms with van der Waals surface area (Å²) in [6, 6.07) is 40.3. The van der Waals surface area contributed by atoms with Crippen LogP contribution in [0.5, 0.6) is 34.5 Å². The molecular weight excluding hydrogens is 1350 g/mol. The number of phenols is 1. The maximum Gasteiger partial charge on any atom is 0.324 e. The van der Waals surface area contributed by atoms with Crippen LogP contribution >= 0.6 is 37.0 Å². The SMILES string of the molecule is C=CCc1ccc(O)c(OC)c1.C=CCc1ccc(O[Si](CC)(CC)CC)c(O[Si](CC)(CC)CC)c1.CC[SiH](CC)CC.CC[Si](CC)(CC)Oc1ccc(CCCSCCC[Si](C)(C)O[Si](C)(CCCS)OC)cc1O[Si](CC)(CC)CC.CO[Si](C)(C)CCCS. The van der Waals surface area contributed by atoms with Crippen LogP contribution in [-0.2, 0) is 32.2 Å². The lowest BCUT2D eigenvalue weighted by molar-refractivity contribution is 0.300. The third-order valence-corrected chi connectivity index (χ3v) is 53.4. The second-order valence-corrected chi connectivity index (χ2v) is 64.2. The van der Waals surface area contributed by atoms with E-state index in [9.17, 15) is 5.11 Å². The Bertz CT molecular complexity index is 2370. The Kier molecular flexibility index (Phi) is 52.9. The largest absolute Gasteiger partial charge is 0.541 e. The van der Waals surface area contributed by atoms with Crippen molar-refractivity contribution in [2.24, 2.45) is 0 Å². The lowest BCUT2D eigenvalue weighted by Gasteiger charge is -2.34. The number of hydrogen-bond donors (Lipinski definition) is 3. The van der Waals surface area contributed by atoms with Crippen molar-refractivity contribution in [3.8, 4) is 34.5 Å². The molecule has 0 saturated heterocycles.